The van der Waals surface area contributed by atoms with Crippen molar-refractivity contribution in [2.75, 3.05) is 5.73 Å². The highest BCUT2D eigenvalue weighted by Gasteiger charge is 2.35. The molecule has 1 atom stereocenters. The molecule has 6 nitrogen and oxygen atoms in total. The van der Waals surface area contributed by atoms with Crippen LogP contribution in [0.25, 0.3) is 5.57 Å². The number of carbonyl (C=O) groups excluding carboxylic acids is 1. The number of carbonyl (C=O) groups is 2. The summed E-state index contributed by atoms with van der Waals surface area (Å²) in [4.78, 5) is 32.9. The zero-order valence-electron chi connectivity index (χ0n) is 28.6. The Morgan fingerprint density at radius 2 is 1.70 bits per heavy atom. The molecule has 1 aromatic heterocycles. The van der Waals surface area contributed by atoms with E-state index in [0.717, 1.165) is 35.0 Å². The number of aryl methyl sites for hydroxylation is 2. The van der Waals surface area contributed by atoms with Gasteiger partial charge in [0.1, 0.15) is 17.9 Å². The zero-order valence-corrected chi connectivity index (χ0v) is 29.4. The van der Waals surface area contributed by atoms with Gasteiger partial charge < -0.3 is 15.6 Å². The first-order valence-electron chi connectivity index (χ1n) is 15.6. The third-order valence-corrected chi connectivity index (χ3v) is 8.56. The van der Waals surface area contributed by atoms with Gasteiger partial charge in [-0.1, -0.05) is 95.8 Å². The highest BCUT2D eigenvalue weighted by molar-refractivity contribution is 8.05. The average Bonchev–Trinajstić information content (AvgIpc) is 3.04. The molecular formula is C38H50FN3O3S. The molecule has 248 valence electrons. The molecule has 8 heteroatoms. The van der Waals surface area contributed by atoms with Gasteiger partial charge in [0.05, 0.1) is 5.41 Å². The number of halogens is 1. The van der Waals surface area contributed by atoms with Crippen molar-refractivity contribution < 1.29 is 19.1 Å². The van der Waals surface area contributed by atoms with E-state index in [-0.39, 0.29) is 18.1 Å². The number of hydrogen-bond acceptors (Lipinski definition) is 6. The van der Waals surface area contributed by atoms with Crippen LogP contribution in [0.15, 0.2) is 77.6 Å². The van der Waals surface area contributed by atoms with E-state index in [1.807, 2.05) is 64.3 Å². The van der Waals surface area contributed by atoms with E-state index < -0.39 is 11.4 Å². The van der Waals surface area contributed by atoms with Crippen LogP contribution in [-0.4, -0.2) is 27.3 Å². The lowest BCUT2D eigenvalue weighted by molar-refractivity contribution is -0.137. The maximum atomic E-state index is 12.6. The molecule has 0 saturated heterocycles. The van der Waals surface area contributed by atoms with E-state index in [2.05, 4.69) is 43.0 Å². The maximum absolute atomic E-state index is 12.6. The van der Waals surface area contributed by atoms with Crippen molar-refractivity contribution in [3.63, 3.8) is 0 Å². The third-order valence-electron chi connectivity index (χ3n) is 7.33. The second-order valence-electron chi connectivity index (χ2n) is 11.1. The molecule has 0 aliphatic carbocycles. The van der Waals surface area contributed by atoms with E-state index >= 15 is 0 Å². The lowest BCUT2D eigenvalue weighted by atomic mass is 9.82. The van der Waals surface area contributed by atoms with Gasteiger partial charge >= 0.3 is 5.97 Å². The number of benzene rings is 2. The summed E-state index contributed by atoms with van der Waals surface area (Å²) in [6.45, 7) is 24.1. The number of thioether (sulfide) groups is 1. The SMILES string of the molecule is C=C(c1nc(C)c(C(C)(C=O)C(=C)S/C=C(\C)CCCC(=O)O)c(N)n1)c1ccccc1C(C)C.CC.CCc1ccccc1F. The van der Waals surface area contributed by atoms with Gasteiger partial charge in [0.25, 0.3) is 0 Å². The van der Waals surface area contributed by atoms with Crippen molar-refractivity contribution in [2.45, 2.75) is 92.4 Å². The summed E-state index contributed by atoms with van der Waals surface area (Å²) in [5.41, 5.74) is 11.0. The van der Waals surface area contributed by atoms with Crippen LogP contribution >= 0.6 is 11.8 Å². The number of aliphatic carboxylic acids is 1. The van der Waals surface area contributed by atoms with Gasteiger partial charge in [-0.15, -0.1) is 11.8 Å². The predicted octanol–water partition coefficient (Wildman–Crippen LogP) is 9.83. The fraction of sp³-hybridized carbons (Fsp3) is 0.368. The minimum absolute atomic E-state index is 0.0972. The number of carboxylic acids is 1. The van der Waals surface area contributed by atoms with E-state index in [4.69, 9.17) is 10.8 Å². The van der Waals surface area contributed by atoms with Crippen molar-refractivity contribution in [2.24, 2.45) is 0 Å². The third kappa shape index (κ3) is 11.1. The van der Waals surface area contributed by atoms with Crippen LogP contribution in [0.5, 0.6) is 0 Å². The van der Waals surface area contributed by atoms with E-state index in [1.165, 1.54) is 17.8 Å². The molecule has 2 aromatic carbocycles. The molecule has 0 saturated carbocycles. The number of aldehydes is 1. The van der Waals surface area contributed by atoms with Crippen LogP contribution < -0.4 is 5.73 Å². The zero-order chi connectivity index (χ0) is 35.0. The standard InChI is InChI=1S/C28H35N3O3S.C8H9F.C2H6/c1-17(2)22-12-8-9-13-23(22)19(4)27-30-20(5)25(26(29)31-27)28(7,16-32)21(6)35-15-18(3)11-10-14-24(33)34;1-2-7-5-3-4-6-8(7)9;1-2/h8-9,12-13,15-17H,4,6,10-11,14H2,1-3,5,7H3,(H,33,34)(H2,29,30,31);3-6H,2H2,1H3;1-2H3/b18-15+;;. The topological polar surface area (TPSA) is 106 Å². The van der Waals surface area contributed by atoms with Crippen LogP contribution in [-0.2, 0) is 21.4 Å². The van der Waals surface area contributed by atoms with Gasteiger partial charge in [-0.25, -0.2) is 14.4 Å². The first-order chi connectivity index (χ1) is 21.8. The Kier molecular flexibility index (Phi) is 16.9. The normalized spacial score (nSPS) is 12.2. The summed E-state index contributed by atoms with van der Waals surface area (Å²) in [6.07, 6.45) is 2.92. The van der Waals surface area contributed by atoms with Crippen molar-refractivity contribution in [3.05, 3.63) is 117 Å². The van der Waals surface area contributed by atoms with Crippen molar-refractivity contribution >= 4 is 35.4 Å². The van der Waals surface area contributed by atoms with Crippen molar-refractivity contribution in [3.8, 4) is 0 Å². The molecule has 3 aromatic rings. The second-order valence-corrected chi connectivity index (χ2v) is 12.1. The van der Waals surface area contributed by atoms with Crippen LogP contribution in [0.1, 0.15) is 107 Å². The summed E-state index contributed by atoms with van der Waals surface area (Å²) >= 11 is 1.34. The molecule has 1 unspecified atom stereocenters. The molecule has 0 aliphatic heterocycles. The van der Waals surface area contributed by atoms with Crippen LogP contribution in [0.2, 0.25) is 0 Å². The smallest absolute Gasteiger partial charge is 0.303 e. The van der Waals surface area contributed by atoms with Gasteiger partial charge in [0, 0.05) is 23.3 Å². The lowest BCUT2D eigenvalue weighted by Gasteiger charge is -2.28. The summed E-state index contributed by atoms with van der Waals surface area (Å²) in [6, 6.07) is 14.9. The molecule has 0 bridgehead atoms. The number of rotatable bonds is 13. The minimum atomic E-state index is -1.10. The summed E-state index contributed by atoms with van der Waals surface area (Å²) in [5.74, 6) is 0.0416. The Morgan fingerprint density at radius 1 is 1.09 bits per heavy atom. The Balaban J connectivity index is 0.000000814. The Hall–Kier alpha value is -4.04. The van der Waals surface area contributed by atoms with Gasteiger partial charge in [0.15, 0.2) is 5.82 Å². The number of aromatic nitrogens is 2. The monoisotopic (exact) mass is 647 g/mol. The number of anilines is 1. The largest absolute Gasteiger partial charge is 0.481 e. The number of nitrogens with zero attached hydrogens (tertiary/aromatic N) is 2. The predicted molar refractivity (Wildman–Crippen MR) is 192 cm³/mol. The molecule has 3 rings (SSSR count). The Labute approximate surface area is 279 Å². The minimum Gasteiger partial charge on any atom is -0.481 e. The molecule has 46 heavy (non-hydrogen) atoms. The van der Waals surface area contributed by atoms with Gasteiger partial charge in [-0.3, -0.25) is 4.79 Å². The Morgan fingerprint density at radius 3 is 2.22 bits per heavy atom. The number of hydrogen-bond donors (Lipinski definition) is 2. The Bertz CT molecular complexity index is 1510. The molecule has 3 N–H and O–H groups in total. The lowest BCUT2D eigenvalue weighted by Crippen LogP contribution is -2.28. The summed E-state index contributed by atoms with van der Waals surface area (Å²) in [5, 5.41) is 10.7. The summed E-state index contributed by atoms with van der Waals surface area (Å²) < 4.78 is 12.6. The highest BCUT2D eigenvalue weighted by atomic mass is 32.2. The number of nitrogens with two attached hydrogens (primary N) is 1. The number of carboxylic acid groups (broad SMARTS) is 1. The molecule has 0 aliphatic rings. The highest BCUT2D eigenvalue weighted by Crippen LogP contribution is 2.41. The number of nitrogen functional groups attached to an aromatic ring is 1. The second kappa shape index (κ2) is 19.5. The van der Waals surface area contributed by atoms with E-state index in [0.29, 0.717) is 46.3 Å². The van der Waals surface area contributed by atoms with E-state index in [9.17, 15) is 14.0 Å². The summed E-state index contributed by atoms with van der Waals surface area (Å²) in [7, 11) is 0. The molecule has 1 heterocycles. The average molecular weight is 648 g/mol. The fourth-order valence-electron chi connectivity index (χ4n) is 4.69. The number of allylic oxidation sites excluding steroid dienone is 2. The maximum Gasteiger partial charge on any atom is 0.303 e. The van der Waals surface area contributed by atoms with Crippen molar-refractivity contribution in [1.82, 2.24) is 9.97 Å². The molecular weight excluding hydrogens is 598 g/mol. The molecule has 0 radical (unpaired) electrons. The van der Waals surface area contributed by atoms with Crippen LogP contribution in [0.3, 0.4) is 0 Å². The molecule has 0 spiro atoms. The van der Waals surface area contributed by atoms with Gasteiger partial charge in [0.2, 0.25) is 0 Å². The quantitative estimate of drug-likeness (QED) is 0.178. The fourth-order valence-corrected chi connectivity index (χ4v) is 5.54. The first-order valence-corrected chi connectivity index (χ1v) is 16.5. The molecule has 0 amide bonds. The van der Waals surface area contributed by atoms with Crippen LogP contribution in [0, 0.1) is 12.7 Å². The molecule has 0 fully saturated rings. The van der Waals surface area contributed by atoms with Crippen molar-refractivity contribution in [1.29, 1.82) is 0 Å². The first kappa shape index (κ1) is 40.0. The van der Waals surface area contributed by atoms with Crippen LogP contribution in [0.4, 0.5) is 10.2 Å². The van der Waals surface area contributed by atoms with Gasteiger partial charge in [-0.05, 0) is 79.0 Å². The van der Waals surface area contributed by atoms with E-state index in [1.54, 1.807) is 19.1 Å². The van der Waals surface area contributed by atoms with Gasteiger partial charge in [-0.2, -0.15) is 0 Å².